The molecule has 1 aromatic heterocycles. The number of carboxylic acids is 1. The molecule has 0 aliphatic heterocycles. The Kier molecular flexibility index (Phi) is 3.90. The molecule has 1 aromatic rings. The number of hydrogen-bond donors (Lipinski definition) is 3. The average molecular weight is 284 g/mol. The summed E-state index contributed by atoms with van der Waals surface area (Å²) < 4.78 is 0. The van der Waals surface area contributed by atoms with Crippen molar-refractivity contribution in [2.45, 2.75) is 31.8 Å². The van der Waals surface area contributed by atoms with E-state index in [0.29, 0.717) is 5.82 Å². The van der Waals surface area contributed by atoms with Crippen molar-refractivity contribution in [3.8, 4) is 0 Å². The van der Waals surface area contributed by atoms with Crippen molar-refractivity contribution in [2.24, 2.45) is 0 Å². The van der Waals surface area contributed by atoms with Gasteiger partial charge in [-0.05, 0) is 31.9 Å². The SMILES string of the molecule is CC(Nc1ccc(Cl)c(C(=O)O)n1)C(=O)NC1CC1. The van der Waals surface area contributed by atoms with Gasteiger partial charge in [-0.1, -0.05) is 11.6 Å². The average Bonchev–Trinajstić information content (AvgIpc) is 3.15. The zero-order chi connectivity index (χ0) is 14.0. The molecule has 6 nitrogen and oxygen atoms in total. The van der Waals surface area contributed by atoms with E-state index in [2.05, 4.69) is 15.6 Å². The van der Waals surface area contributed by atoms with E-state index < -0.39 is 12.0 Å². The number of aromatic nitrogens is 1. The van der Waals surface area contributed by atoms with Crippen LogP contribution in [0, 0.1) is 0 Å². The quantitative estimate of drug-likeness (QED) is 0.762. The maximum absolute atomic E-state index is 11.7. The highest BCUT2D eigenvalue weighted by molar-refractivity contribution is 6.33. The summed E-state index contributed by atoms with van der Waals surface area (Å²) >= 11 is 5.72. The van der Waals surface area contributed by atoms with Gasteiger partial charge in [0.2, 0.25) is 5.91 Å². The molecule has 1 fully saturated rings. The van der Waals surface area contributed by atoms with Crippen LogP contribution in [0.5, 0.6) is 0 Å². The van der Waals surface area contributed by atoms with Crippen LogP contribution in [0.2, 0.25) is 5.02 Å². The summed E-state index contributed by atoms with van der Waals surface area (Å²) in [7, 11) is 0. The van der Waals surface area contributed by atoms with Crippen molar-refractivity contribution >= 4 is 29.3 Å². The second-order valence-corrected chi connectivity index (χ2v) is 4.89. The van der Waals surface area contributed by atoms with Gasteiger partial charge in [0, 0.05) is 6.04 Å². The molecule has 7 heteroatoms. The lowest BCUT2D eigenvalue weighted by Crippen LogP contribution is -2.38. The predicted octanol–water partition coefficient (Wildman–Crippen LogP) is 1.51. The number of anilines is 1. The molecule has 0 radical (unpaired) electrons. The Morgan fingerprint density at radius 2 is 2.16 bits per heavy atom. The Morgan fingerprint density at radius 3 is 2.74 bits per heavy atom. The van der Waals surface area contributed by atoms with Crippen molar-refractivity contribution in [3.63, 3.8) is 0 Å². The van der Waals surface area contributed by atoms with Crippen LogP contribution < -0.4 is 10.6 Å². The fourth-order valence-electron chi connectivity index (χ4n) is 1.51. The van der Waals surface area contributed by atoms with E-state index in [1.54, 1.807) is 6.92 Å². The number of halogens is 1. The van der Waals surface area contributed by atoms with Crippen molar-refractivity contribution in [2.75, 3.05) is 5.32 Å². The van der Waals surface area contributed by atoms with Crippen molar-refractivity contribution in [1.82, 2.24) is 10.3 Å². The Hall–Kier alpha value is -1.82. The largest absolute Gasteiger partial charge is 0.476 e. The van der Waals surface area contributed by atoms with E-state index >= 15 is 0 Å². The Morgan fingerprint density at radius 1 is 1.47 bits per heavy atom. The number of nitrogens with one attached hydrogen (secondary N) is 2. The molecule has 1 saturated carbocycles. The van der Waals surface area contributed by atoms with Gasteiger partial charge in [0.25, 0.3) is 0 Å². The summed E-state index contributed by atoms with van der Waals surface area (Å²) in [5, 5.41) is 14.7. The van der Waals surface area contributed by atoms with Gasteiger partial charge >= 0.3 is 5.97 Å². The first-order chi connectivity index (χ1) is 8.97. The third-order valence-electron chi connectivity index (χ3n) is 2.73. The standard InChI is InChI=1S/C12H14ClN3O3/c1-6(11(17)15-7-2-3-7)14-9-5-4-8(13)10(16-9)12(18)19/h4-7H,2-3H2,1H3,(H,14,16)(H,15,17)(H,18,19). The van der Waals surface area contributed by atoms with Crippen LogP contribution in [0.15, 0.2) is 12.1 Å². The number of pyridine rings is 1. The number of nitrogens with zero attached hydrogens (tertiary/aromatic N) is 1. The summed E-state index contributed by atoms with van der Waals surface area (Å²) in [6, 6.07) is 2.77. The van der Waals surface area contributed by atoms with Crippen molar-refractivity contribution in [1.29, 1.82) is 0 Å². The number of amides is 1. The number of carbonyl (C=O) groups excluding carboxylic acids is 1. The van der Waals surface area contributed by atoms with Crippen LogP contribution in [-0.2, 0) is 4.79 Å². The van der Waals surface area contributed by atoms with E-state index in [9.17, 15) is 9.59 Å². The number of carboxylic acid groups (broad SMARTS) is 1. The first-order valence-corrected chi connectivity index (χ1v) is 6.32. The van der Waals surface area contributed by atoms with Crippen LogP contribution in [0.4, 0.5) is 5.82 Å². The maximum Gasteiger partial charge on any atom is 0.356 e. The molecule has 102 valence electrons. The van der Waals surface area contributed by atoms with Gasteiger partial charge < -0.3 is 15.7 Å². The highest BCUT2D eigenvalue weighted by atomic mass is 35.5. The zero-order valence-corrected chi connectivity index (χ0v) is 11.1. The number of carbonyl (C=O) groups is 2. The smallest absolute Gasteiger partial charge is 0.356 e. The number of hydrogen-bond acceptors (Lipinski definition) is 4. The van der Waals surface area contributed by atoms with Crippen LogP contribution in [0.3, 0.4) is 0 Å². The molecule has 1 aliphatic rings. The lowest BCUT2D eigenvalue weighted by molar-refractivity contribution is -0.121. The van der Waals surface area contributed by atoms with Gasteiger partial charge in [-0.15, -0.1) is 0 Å². The Balaban J connectivity index is 2.03. The zero-order valence-electron chi connectivity index (χ0n) is 10.3. The highest BCUT2D eigenvalue weighted by Crippen LogP contribution is 2.19. The predicted molar refractivity (Wildman–Crippen MR) is 70.5 cm³/mol. The summed E-state index contributed by atoms with van der Waals surface area (Å²) in [5.41, 5.74) is -0.235. The topological polar surface area (TPSA) is 91.3 Å². The van der Waals surface area contributed by atoms with Crippen molar-refractivity contribution in [3.05, 3.63) is 22.8 Å². The molecule has 0 saturated heterocycles. The third-order valence-corrected chi connectivity index (χ3v) is 3.03. The van der Waals surface area contributed by atoms with Crippen LogP contribution >= 0.6 is 11.6 Å². The summed E-state index contributed by atoms with van der Waals surface area (Å²) in [4.78, 5) is 26.5. The number of aromatic carboxylic acids is 1. The third kappa shape index (κ3) is 3.57. The normalized spacial score (nSPS) is 15.7. The van der Waals surface area contributed by atoms with E-state index in [1.165, 1.54) is 12.1 Å². The fourth-order valence-corrected chi connectivity index (χ4v) is 1.70. The van der Waals surface area contributed by atoms with Gasteiger partial charge in [0.15, 0.2) is 5.69 Å². The molecular formula is C12H14ClN3O3. The molecule has 2 rings (SSSR count). The lowest BCUT2D eigenvalue weighted by Gasteiger charge is -2.14. The van der Waals surface area contributed by atoms with Crippen LogP contribution in [-0.4, -0.2) is 34.1 Å². The molecule has 1 unspecified atom stereocenters. The molecule has 1 atom stereocenters. The molecule has 0 spiro atoms. The molecule has 1 heterocycles. The van der Waals surface area contributed by atoms with Gasteiger partial charge in [-0.25, -0.2) is 9.78 Å². The van der Waals surface area contributed by atoms with Crippen LogP contribution in [0.1, 0.15) is 30.3 Å². The van der Waals surface area contributed by atoms with Crippen LogP contribution in [0.25, 0.3) is 0 Å². The summed E-state index contributed by atoms with van der Waals surface area (Å²) in [5.74, 6) is -1.03. The van der Waals surface area contributed by atoms with Gasteiger partial charge in [-0.2, -0.15) is 0 Å². The lowest BCUT2D eigenvalue weighted by atomic mass is 10.3. The van der Waals surface area contributed by atoms with Gasteiger partial charge in [-0.3, -0.25) is 4.79 Å². The Bertz CT molecular complexity index is 517. The summed E-state index contributed by atoms with van der Waals surface area (Å²) in [6.07, 6.45) is 2.03. The minimum atomic E-state index is -1.20. The van der Waals surface area contributed by atoms with E-state index in [0.717, 1.165) is 12.8 Å². The Labute approximate surface area is 115 Å². The first kappa shape index (κ1) is 13.6. The van der Waals surface area contributed by atoms with E-state index in [1.807, 2.05) is 0 Å². The minimum absolute atomic E-state index is 0.0631. The number of rotatable bonds is 5. The maximum atomic E-state index is 11.7. The van der Waals surface area contributed by atoms with Gasteiger partial charge in [0.1, 0.15) is 11.9 Å². The first-order valence-electron chi connectivity index (χ1n) is 5.94. The molecule has 19 heavy (non-hydrogen) atoms. The molecule has 3 N–H and O–H groups in total. The molecule has 1 aliphatic carbocycles. The molecule has 0 aromatic carbocycles. The summed E-state index contributed by atoms with van der Waals surface area (Å²) in [6.45, 7) is 1.69. The van der Waals surface area contributed by atoms with E-state index in [4.69, 9.17) is 16.7 Å². The molecular weight excluding hydrogens is 270 g/mol. The second kappa shape index (κ2) is 5.44. The molecule has 1 amide bonds. The van der Waals surface area contributed by atoms with E-state index in [-0.39, 0.29) is 22.7 Å². The fraction of sp³-hybridized carbons (Fsp3) is 0.417. The minimum Gasteiger partial charge on any atom is -0.476 e. The second-order valence-electron chi connectivity index (χ2n) is 4.48. The van der Waals surface area contributed by atoms with Gasteiger partial charge in [0.05, 0.1) is 5.02 Å². The monoisotopic (exact) mass is 283 g/mol. The highest BCUT2D eigenvalue weighted by Gasteiger charge is 2.25. The molecule has 0 bridgehead atoms. The van der Waals surface area contributed by atoms with Crippen molar-refractivity contribution < 1.29 is 14.7 Å².